The zero-order valence-electron chi connectivity index (χ0n) is 11.5. The Balaban J connectivity index is 1.52. The van der Waals surface area contributed by atoms with Gasteiger partial charge in [0.05, 0.1) is 6.54 Å². The topological polar surface area (TPSA) is 51.7 Å². The Morgan fingerprint density at radius 2 is 2.00 bits per heavy atom. The molecule has 0 unspecified atom stereocenters. The average molecular weight is 276 g/mol. The maximum atomic E-state index is 12.4. The zero-order valence-corrected chi connectivity index (χ0v) is 11.5. The molecule has 1 aromatic rings. The highest BCUT2D eigenvalue weighted by molar-refractivity contribution is 5.79. The van der Waals surface area contributed by atoms with Gasteiger partial charge in [0.1, 0.15) is 11.9 Å². The molecule has 0 aromatic carbocycles. The van der Waals surface area contributed by atoms with Crippen LogP contribution in [0.25, 0.3) is 0 Å². The molecule has 2 aliphatic heterocycles. The summed E-state index contributed by atoms with van der Waals surface area (Å²) < 4.78 is 11.2. The van der Waals surface area contributed by atoms with Gasteiger partial charge in [0.25, 0.3) is 0 Å². The normalized spacial score (nSPS) is 23.8. The highest BCUT2D eigenvalue weighted by atomic mass is 16.5. The lowest BCUT2D eigenvalue weighted by molar-refractivity contribution is -0.137. The third-order valence-electron chi connectivity index (χ3n) is 3.98. The lowest BCUT2D eigenvalue weighted by Gasteiger charge is -2.26. The Bertz CT molecular complexity index is 446. The molecular weight excluding hydrogens is 256 g/mol. The van der Waals surface area contributed by atoms with Crippen molar-refractivity contribution in [2.45, 2.75) is 25.4 Å². The first-order chi connectivity index (χ1) is 9.83. The van der Waals surface area contributed by atoms with Crippen LogP contribution < -0.4 is 4.74 Å². The molecule has 20 heavy (non-hydrogen) atoms. The fraction of sp³-hybridized carbons (Fsp3) is 0.600. The van der Waals surface area contributed by atoms with Gasteiger partial charge in [-0.05, 0) is 25.0 Å². The van der Waals surface area contributed by atoms with Crippen molar-refractivity contribution in [1.82, 2.24) is 9.88 Å². The van der Waals surface area contributed by atoms with Gasteiger partial charge >= 0.3 is 0 Å². The first-order valence-electron chi connectivity index (χ1n) is 7.26. The predicted molar refractivity (Wildman–Crippen MR) is 73.4 cm³/mol. The van der Waals surface area contributed by atoms with E-state index in [0.29, 0.717) is 19.8 Å². The fourth-order valence-corrected chi connectivity index (χ4v) is 2.84. The summed E-state index contributed by atoms with van der Waals surface area (Å²) in [4.78, 5) is 18.3. The number of hydrogen-bond donors (Lipinski definition) is 0. The molecule has 3 rings (SSSR count). The Morgan fingerprint density at radius 3 is 2.75 bits per heavy atom. The smallest absolute Gasteiger partial charge is 0.225 e. The minimum atomic E-state index is 0.0983. The van der Waals surface area contributed by atoms with Gasteiger partial charge in [0, 0.05) is 44.5 Å². The number of ether oxygens (including phenoxy) is 2. The Kier molecular flexibility index (Phi) is 4.16. The standard InChI is InChI=1S/C15H20N2O3/c18-15(12-4-9-19-10-5-12)17-8-3-14(11-17)20-13-1-6-16-7-2-13/h1-2,6-7,12,14H,3-5,8-11H2/t14-/m0/s1. The van der Waals surface area contributed by atoms with Gasteiger partial charge in [-0.1, -0.05) is 0 Å². The molecule has 0 spiro atoms. The molecule has 1 aromatic heterocycles. The maximum Gasteiger partial charge on any atom is 0.225 e. The van der Waals surface area contributed by atoms with Crippen LogP contribution in [0.15, 0.2) is 24.5 Å². The number of likely N-dealkylation sites (tertiary alicyclic amines) is 1. The van der Waals surface area contributed by atoms with Gasteiger partial charge in [0.2, 0.25) is 5.91 Å². The van der Waals surface area contributed by atoms with Gasteiger partial charge in [-0.15, -0.1) is 0 Å². The van der Waals surface area contributed by atoms with Crippen molar-refractivity contribution in [3.63, 3.8) is 0 Å². The second kappa shape index (κ2) is 6.22. The van der Waals surface area contributed by atoms with Gasteiger partial charge in [-0.25, -0.2) is 0 Å². The van der Waals surface area contributed by atoms with Crippen LogP contribution >= 0.6 is 0 Å². The lowest BCUT2D eigenvalue weighted by atomic mass is 9.99. The summed E-state index contributed by atoms with van der Waals surface area (Å²) >= 11 is 0. The Labute approximate surface area is 118 Å². The van der Waals surface area contributed by atoms with Crippen LogP contribution in [0.2, 0.25) is 0 Å². The van der Waals surface area contributed by atoms with E-state index in [4.69, 9.17) is 9.47 Å². The molecule has 0 bridgehead atoms. The summed E-state index contributed by atoms with van der Waals surface area (Å²) in [5.74, 6) is 1.24. The van der Waals surface area contributed by atoms with E-state index in [-0.39, 0.29) is 17.9 Å². The molecule has 2 fully saturated rings. The van der Waals surface area contributed by atoms with E-state index >= 15 is 0 Å². The summed E-state index contributed by atoms with van der Waals surface area (Å²) in [6.07, 6.45) is 6.14. The number of amides is 1. The number of hydrogen-bond acceptors (Lipinski definition) is 4. The van der Waals surface area contributed by atoms with Gasteiger partial charge in [0.15, 0.2) is 0 Å². The van der Waals surface area contributed by atoms with Crippen molar-refractivity contribution < 1.29 is 14.3 Å². The van der Waals surface area contributed by atoms with Gasteiger partial charge in [-0.3, -0.25) is 9.78 Å². The fourth-order valence-electron chi connectivity index (χ4n) is 2.84. The molecule has 108 valence electrons. The Morgan fingerprint density at radius 1 is 1.25 bits per heavy atom. The summed E-state index contributed by atoms with van der Waals surface area (Å²) in [5, 5.41) is 0. The molecule has 0 aliphatic carbocycles. The zero-order chi connectivity index (χ0) is 13.8. The minimum absolute atomic E-state index is 0.0983. The van der Waals surface area contributed by atoms with Crippen molar-refractivity contribution in [3.05, 3.63) is 24.5 Å². The number of rotatable bonds is 3. The SMILES string of the molecule is O=C(C1CCOCC1)N1CC[C@H](Oc2ccncc2)C1. The quantitative estimate of drug-likeness (QED) is 0.839. The van der Waals surface area contributed by atoms with Gasteiger partial charge in [-0.2, -0.15) is 0 Å². The molecule has 5 nitrogen and oxygen atoms in total. The number of aromatic nitrogens is 1. The van der Waals surface area contributed by atoms with Gasteiger partial charge < -0.3 is 14.4 Å². The first-order valence-corrected chi connectivity index (χ1v) is 7.26. The summed E-state index contributed by atoms with van der Waals surface area (Å²) in [6, 6.07) is 3.70. The molecule has 3 heterocycles. The molecule has 5 heteroatoms. The van der Waals surface area contributed by atoms with Crippen molar-refractivity contribution in [3.8, 4) is 5.75 Å². The molecule has 0 saturated carbocycles. The van der Waals surface area contributed by atoms with Crippen molar-refractivity contribution >= 4 is 5.91 Å². The van der Waals surface area contributed by atoms with Crippen LogP contribution in [-0.2, 0) is 9.53 Å². The van der Waals surface area contributed by atoms with E-state index < -0.39 is 0 Å². The monoisotopic (exact) mass is 276 g/mol. The predicted octanol–water partition coefficient (Wildman–Crippen LogP) is 1.49. The van der Waals surface area contributed by atoms with Crippen LogP contribution in [0.1, 0.15) is 19.3 Å². The van der Waals surface area contributed by atoms with E-state index in [0.717, 1.165) is 31.6 Å². The third-order valence-corrected chi connectivity index (χ3v) is 3.98. The van der Waals surface area contributed by atoms with E-state index in [1.54, 1.807) is 12.4 Å². The second-order valence-corrected chi connectivity index (χ2v) is 5.38. The van der Waals surface area contributed by atoms with Crippen LogP contribution in [0, 0.1) is 5.92 Å². The summed E-state index contributed by atoms with van der Waals surface area (Å²) in [7, 11) is 0. The van der Waals surface area contributed by atoms with Crippen molar-refractivity contribution in [2.75, 3.05) is 26.3 Å². The minimum Gasteiger partial charge on any atom is -0.488 e. The van der Waals surface area contributed by atoms with E-state index in [1.165, 1.54) is 0 Å². The number of carbonyl (C=O) groups excluding carboxylic acids is 1. The van der Waals surface area contributed by atoms with Crippen LogP contribution in [0.3, 0.4) is 0 Å². The highest BCUT2D eigenvalue weighted by Crippen LogP contribution is 2.22. The molecule has 1 amide bonds. The van der Waals surface area contributed by atoms with E-state index in [9.17, 15) is 4.79 Å². The van der Waals surface area contributed by atoms with Crippen LogP contribution in [0.4, 0.5) is 0 Å². The van der Waals surface area contributed by atoms with Crippen molar-refractivity contribution in [1.29, 1.82) is 0 Å². The molecule has 0 N–H and O–H groups in total. The van der Waals surface area contributed by atoms with Crippen LogP contribution in [-0.4, -0.2) is 48.2 Å². The number of carbonyl (C=O) groups is 1. The lowest BCUT2D eigenvalue weighted by Crippen LogP contribution is -2.38. The summed E-state index contributed by atoms with van der Waals surface area (Å²) in [6.45, 7) is 2.91. The molecule has 1 atom stereocenters. The van der Waals surface area contributed by atoms with E-state index in [1.807, 2.05) is 17.0 Å². The molecule has 0 radical (unpaired) electrons. The Hall–Kier alpha value is -1.62. The number of pyridine rings is 1. The van der Waals surface area contributed by atoms with Crippen molar-refractivity contribution in [2.24, 2.45) is 5.92 Å². The van der Waals surface area contributed by atoms with E-state index in [2.05, 4.69) is 4.98 Å². The third kappa shape index (κ3) is 3.10. The highest BCUT2D eigenvalue weighted by Gasteiger charge is 2.32. The molecular formula is C15H20N2O3. The average Bonchev–Trinajstić information content (AvgIpc) is 2.97. The molecule has 2 saturated heterocycles. The van der Waals surface area contributed by atoms with Crippen LogP contribution in [0.5, 0.6) is 5.75 Å². The first kappa shape index (κ1) is 13.4. The maximum absolute atomic E-state index is 12.4. The summed E-state index contributed by atoms with van der Waals surface area (Å²) in [5.41, 5.74) is 0. The second-order valence-electron chi connectivity index (χ2n) is 5.38. The molecule has 2 aliphatic rings. The number of nitrogens with zero attached hydrogens (tertiary/aromatic N) is 2. The largest absolute Gasteiger partial charge is 0.488 e.